The summed E-state index contributed by atoms with van der Waals surface area (Å²) in [6.45, 7) is 1.78. The maximum atomic E-state index is 13.0. The molecule has 2 N–H and O–H groups in total. The molecule has 0 radical (unpaired) electrons. The third kappa shape index (κ3) is 3.58. The molecule has 0 aliphatic rings. The lowest BCUT2D eigenvalue weighted by molar-refractivity contribution is -0.147. The van der Waals surface area contributed by atoms with E-state index in [4.69, 9.17) is 9.52 Å². The van der Waals surface area contributed by atoms with Gasteiger partial charge in [-0.2, -0.15) is 0 Å². The van der Waals surface area contributed by atoms with E-state index in [9.17, 15) is 14.4 Å². The minimum absolute atomic E-state index is 0.208. The van der Waals surface area contributed by atoms with E-state index in [0.717, 1.165) is 11.1 Å². The van der Waals surface area contributed by atoms with Crippen molar-refractivity contribution in [1.82, 2.24) is 0 Å². The van der Waals surface area contributed by atoms with Crippen LogP contribution in [0.5, 0.6) is 0 Å². The Balaban J connectivity index is 1.63. The number of nitrogens with one attached hydrogen (secondary N) is 1. The molecule has 0 saturated carbocycles. The second-order valence-corrected chi connectivity index (χ2v) is 6.80. The molecule has 30 heavy (non-hydrogen) atoms. The van der Waals surface area contributed by atoms with Crippen molar-refractivity contribution in [2.75, 3.05) is 5.32 Å². The molecule has 0 aliphatic heterocycles. The SMILES string of the molecule is Cc1c(C(=O)c2ccc(-c3ccccc3)cc2)oc2cc(NC(=O)C(=O)O)ccc12. The number of rotatable bonds is 4. The molecule has 6 heteroatoms. The molecular weight excluding hydrogens is 382 g/mol. The summed E-state index contributed by atoms with van der Waals surface area (Å²) in [5.74, 6) is -2.77. The smallest absolute Gasteiger partial charge is 0.394 e. The van der Waals surface area contributed by atoms with E-state index in [1.54, 1.807) is 31.2 Å². The predicted molar refractivity (Wildman–Crippen MR) is 113 cm³/mol. The lowest BCUT2D eigenvalue weighted by Gasteiger charge is -2.03. The van der Waals surface area contributed by atoms with Crippen molar-refractivity contribution in [3.63, 3.8) is 0 Å². The average Bonchev–Trinajstić information content (AvgIpc) is 3.09. The highest BCUT2D eigenvalue weighted by Gasteiger charge is 2.20. The van der Waals surface area contributed by atoms with E-state index in [0.29, 0.717) is 22.1 Å². The van der Waals surface area contributed by atoms with Gasteiger partial charge in [-0.05, 0) is 30.2 Å². The number of benzene rings is 3. The van der Waals surface area contributed by atoms with Gasteiger partial charge in [0.1, 0.15) is 5.58 Å². The number of fused-ring (bicyclic) bond motifs is 1. The number of aryl methyl sites for hydroxylation is 1. The second-order valence-electron chi connectivity index (χ2n) is 6.80. The third-order valence-electron chi connectivity index (χ3n) is 4.85. The molecular formula is C24H17NO5. The zero-order valence-corrected chi connectivity index (χ0v) is 16.0. The number of carboxylic acid groups (broad SMARTS) is 1. The van der Waals surface area contributed by atoms with E-state index in [2.05, 4.69) is 5.32 Å². The minimum Gasteiger partial charge on any atom is -0.474 e. The number of carbonyl (C=O) groups is 3. The number of ketones is 1. The van der Waals surface area contributed by atoms with Crippen LogP contribution in [-0.2, 0) is 9.59 Å². The van der Waals surface area contributed by atoms with Crippen LogP contribution in [0.25, 0.3) is 22.1 Å². The molecule has 4 aromatic rings. The summed E-state index contributed by atoms with van der Waals surface area (Å²) >= 11 is 0. The third-order valence-corrected chi connectivity index (χ3v) is 4.85. The van der Waals surface area contributed by atoms with Gasteiger partial charge < -0.3 is 14.8 Å². The standard InChI is InChI=1S/C24H17NO5/c1-14-19-12-11-18(25-23(27)24(28)29)13-20(19)30-22(14)21(26)17-9-7-16(8-10-17)15-5-3-2-4-6-15/h2-13H,1H3,(H,25,27)(H,28,29). The zero-order chi connectivity index (χ0) is 21.3. The summed E-state index contributed by atoms with van der Waals surface area (Å²) < 4.78 is 5.76. The number of carboxylic acids is 1. The van der Waals surface area contributed by atoms with Gasteiger partial charge in [0.05, 0.1) is 0 Å². The first-order chi connectivity index (χ1) is 14.4. The van der Waals surface area contributed by atoms with Crippen molar-refractivity contribution in [2.24, 2.45) is 0 Å². The Bertz CT molecular complexity index is 1270. The lowest BCUT2D eigenvalue weighted by Crippen LogP contribution is -2.21. The Labute approximate surface area is 171 Å². The van der Waals surface area contributed by atoms with Crippen LogP contribution in [0.4, 0.5) is 5.69 Å². The summed E-state index contributed by atoms with van der Waals surface area (Å²) in [7, 11) is 0. The molecule has 1 heterocycles. The van der Waals surface area contributed by atoms with Gasteiger partial charge in [-0.15, -0.1) is 0 Å². The lowest BCUT2D eigenvalue weighted by atomic mass is 10.0. The highest BCUT2D eigenvalue weighted by Crippen LogP contribution is 2.30. The van der Waals surface area contributed by atoms with E-state index in [1.165, 1.54) is 6.07 Å². The summed E-state index contributed by atoms with van der Waals surface area (Å²) in [6.07, 6.45) is 0. The van der Waals surface area contributed by atoms with Gasteiger partial charge in [-0.1, -0.05) is 54.6 Å². The number of furan rings is 1. The molecule has 4 rings (SSSR count). The maximum absolute atomic E-state index is 13.0. The van der Waals surface area contributed by atoms with Gasteiger partial charge in [-0.25, -0.2) is 4.79 Å². The van der Waals surface area contributed by atoms with Crippen LogP contribution in [0, 0.1) is 6.92 Å². The van der Waals surface area contributed by atoms with Gasteiger partial charge in [0.15, 0.2) is 5.76 Å². The Hall–Kier alpha value is -4.19. The number of aliphatic carboxylic acids is 1. The fourth-order valence-corrected chi connectivity index (χ4v) is 3.28. The number of hydrogen-bond donors (Lipinski definition) is 2. The molecule has 0 fully saturated rings. The topological polar surface area (TPSA) is 96.6 Å². The van der Waals surface area contributed by atoms with E-state index in [-0.39, 0.29) is 17.2 Å². The largest absolute Gasteiger partial charge is 0.474 e. The number of hydrogen-bond acceptors (Lipinski definition) is 4. The molecule has 0 unspecified atom stereocenters. The van der Waals surface area contributed by atoms with Crippen molar-refractivity contribution in [1.29, 1.82) is 0 Å². The molecule has 3 aromatic carbocycles. The van der Waals surface area contributed by atoms with E-state index < -0.39 is 11.9 Å². The van der Waals surface area contributed by atoms with Crippen molar-refractivity contribution >= 4 is 34.3 Å². The van der Waals surface area contributed by atoms with Crippen LogP contribution in [0.15, 0.2) is 77.2 Å². The van der Waals surface area contributed by atoms with Crippen LogP contribution < -0.4 is 5.32 Å². The Morgan fingerprint density at radius 1 is 0.867 bits per heavy atom. The second kappa shape index (κ2) is 7.67. The Morgan fingerprint density at radius 3 is 2.20 bits per heavy atom. The van der Waals surface area contributed by atoms with Gasteiger partial charge in [0.2, 0.25) is 5.78 Å². The predicted octanol–water partition coefficient (Wildman–Crippen LogP) is 4.66. The van der Waals surface area contributed by atoms with Crippen molar-refractivity contribution < 1.29 is 23.9 Å². The number of anilines is 1. The first-order valence-electron chi connectivity index (χ1n) is 9.21. The molecule has 6 nitrogen and oxygen atoms in total. The quantitative estimate of drug-likeness (QED) is 0.384. The maximum Gasteiger partial charge on any atom is 0.394 e. The van der Waals surface area contributed by atoms with Gasteiger partial charge >= 0.3 is 11.9 Å². The molecule has 0 bridgehead atoms. The zero-order valence-electron chi connectivity index (χ0n) is 16.0. The summed E-state index contributed by atoms with van der Waals surface area (Å²) in [5, 5.41) is 11.7. The Kier molecular flexibility index (Phi) is 4.90. The van der Waals surface area contributed by atoms with Crippen LogP contribution >= 0.6 is 0 Å². The number of carbonyl (C=O) groups excluding carboxylic acids is 2. The van der Waals surface area contributed by atoms with Crippen LogP contribution in [0.2, 0.25) is 0 Å². The van der Waals surface area contributed by atoms with Crippen LogP contribution in [0.1, 0.15) is 21.7 Å². The summed E-state index contributed by atoms with van der Waals surface area (Å²) in [5.41, 5.74) is 3.91. The normalized spacial score (nSPS) is 10.7. The first kappa shape index (κ1) is 19.1. The fraction of sp³-hybridized carbons (Fsp3) is 0.0417. The minimum atomic E-state index is -1.58. The van der Waals surface area contributed by atoms with E-state index in [1.807, 2.05) is 42.5 Å². The molecule has 0 spiro atoms. The highest BCUT2D eigenvalue weighted by molar-refractivity contribution is 6.36. The van der Waals surface area contributed by atoms with E-state index >= 15 is 0 Å². The molecule has 148 valence electrons. The van der Waals surface area contributed by atoms with Crippen LogP contribution in [0.3, 0.4) is 0 Å². The van der Waals surface area contributed by atoms with Crippen LogP contribution in [-0.4, -0.2) is 22.8 Å². The molecule has 0 saturated heterocycles. The molecule has 0 aliphatic carbocycles. The highest BCUT2D eigenvalue weighted by atomic mass is 16.4. The van der Waals surface area contributed by atoms with Gasteiger partial charge in [-0.3, -0.25) is 9.59 Å². The van der Waals surface area contributed by atoms with Crippen molar-refractivity contribution in [3.05, 3.63) is 89.7 Å². The molecule has 1 amide bonds. The Morgan fingerprint density at radius 2 is 1.53 bits per heavy atom. The van der Waals surface area contributed by atoms with Gasteiger partial charge in [0.25, 0.3) is 0 Å². The van der Waals surface area contributed by atoms with Crippen molar-refractivity contribution in [3.8, 4) is 11.1 Å². The monoisotopic (exact) mass is 399 g/mol. The van der Waals surface area contributed by atoms with Gasteiger partial charge in [0, 0.05) is 28.3 Å². The summed E-state index contributed by atoms with van der Waals surface area (Å²) in [4.78, 5) is 35.0. The van der Waals surface area contributed by atoms with Crippen molar-refractivity contribution in [2.45, 2.75) is 6.92 Å². The fourth-order valence-electron chi connectivity index (χ4n) is 3.28. The summed E-state index contributed by atoms with van der Waals surface area (Å²) in [6, 6.07) is 21.9. The average molecular weight is 399 g/mol. The molecule has 0 atom stereocenters. The first-order valence-corrected chi connectivity index (χ1v) is 9.21. The molecule has 1 aromatic heterocycles. The number of amides is 1.